The van der Waals surface area contributed by atoms with Gasteiger partial charge in [-0.1, -0.05) is 30.3 Å². The van der Waals surface area contributed by atoms with E-state index in [1.807, 2.05) is 36.7 Å². The Balaban J connectivity index is 1.97. The van der Waals surface area contributed by atoms with Gasteiger partial charge >= 0.3 is 0 Å². The summed E-state index contributed by atoms with van der Waals surface area (Å²) >= 11 is 0. The topological polar surface area (TPSA) is 70.3 Å². The normalized spacial score (nSPS) is 15.7. The van der Waals surface area contributed by atoms with Crippen molar-refractivity contribution < 1.29 is 10.2 Å². The van der Waals surface area contributed by atoms with Crippen molar-refractivity contribution in [2.75, 3.05) is 5.32 Å². The molecule has 1 atom stereocenters. The van der Waals surface area contributed by atoms with Gasteiger partial charge in [0.15, 0.2) is 17.7 Å². The van der Waals surface area contributed by atoms with E-state index in [9.17, 15) is 10.2 Å². The highest BCUT2D eigenvalue weighted by Crippen LogP contribution is 2.43. The maximum Gasteiger partial charge on any atom is 0.164 e. The highest BCUT2D eigenvalue weighted by Gasteiger charge is 2.29. The van der Waals surface area contributed by atoms with E-state index in [-0.39, 0.29) is 17.7 Å². The van der Waals surface area contributed by atoms with E-state index in [1.54, 1.807) is 12.1 Å². The number of aromatic nitrogens is 2. The summed E-state index contributed by atoms with van der Waals surface area (Å²) in [6.07, 6.45) is -0.376. The lowest BCUT2D eigenvalue weighted by molar-refractivity contribution is 0.392. The smallest absolute Gasteiger partial charge is 0.164 e. The van der Waals surface area contributed by atoms with Crippen LogP contribution in [-0.2, 0) is 0 Å². The number of nitrogens with one attached hydrogen (secondary N) is 1. The molecule has 3 aromatic rings. The summed E-state index contributed by atoms with van der Waals surface area (Å²) in [4.78, 5) is 0. The van der Waals surface area contributed by atoms with Gasteiger partial charge in [0.1, 0.15) is 0 Å². The van der Waals surface area contributed by atoms with Crippen molar-refractivity contribution >= 4 is 5.69 Å². The summed E-state index contributed by atoms with van der Waals surface area (Å²) in [7, 11) is 0. The van der Waals surface area contributed by atoms with Gasteiger partial charge < -0.3 is 15.5 Å². The number of aromatic hydroxyl groups is 2. The maximum absolute atomic E-state index is 10.3. The molecule has 0 spiro atoms. The van der Waals surface area contributed by atoms with E-state index in [2.05, 4.69) is 16.5 Å². The van der Waals surface area contributed by atoms with Gasteiger partial charge in [-0.3, -0.25) is 0 Å². The molecule has 1 unspecified atom stereocenters. The molecule has 5 heteroatoms. The molecule has 5 nitrogen and oxygen atoms in total. The van der Waals surface area contributed by atoms with Crippen molar-refractivity contribution in [2.45, 2.75) is 20.0 Å². The molecule has 4 rings (SSSR count). The molecule has 0 bridgehead atoms. The molecular weight excluding hydrogens is 290 g/mol. The fraction of sp³-hybridized carbons (Fsp3) is 0.167. The van der Waals surface area contributed by atoms with Gasteiger partial charge in [-0.05, 0) is 31.5 Å². The number of benzene rings is 2. The number of nitrogens with zero attached hydrogens (tertiary/aromatic N) is 2. The van der Waals surface area contributed by atoms with Crippen LogP contribution in [0.25, 0.3) is 11.3 Å². The number of rotatable bonds is 1. The summed E-state index contributed by atoms with van der Waals surface area (Å²) in [5.41, 5.74) is 5.71. The van der Waals surface area contributed by atoms with Crippen LogP contribution in [-0.4, -0.2) is 20.0 Å². The molecule has 1 aliphatic heterocycles. The Morgan fingerprint density at radius 3 is 2.70 bits per heavy atom. The van der Waals surface area contributed by atoms with Crippen LogP contribution < -0.4 is 5.32 Å². The number of fused-ring (bicyclic) bond motifs is 3. The monoisotopic (exact) mass is 307 g/mol. The lowest BCUT2D eigenvalue weighted by atomic mass is 10.00. The summed E-state index contributed by atoms with van der Waals surface area (Å²) < 4.78 is 1.85. The highest BCUT2D eigenvalue weighted by molar-refractivity contribution is 5.81. The predicted molar refractivity (Wildman–Crippen MR) is 88.7 cm³/mol. The number of hydrogen-bond donors (Lipinski definition) is 3. The largest absolute Gasteiger partial charge is 0.504 e. The van der Waals surface area contributed by atoms with Crippen LogP contribution in [0.1, 0.15) is 23.0 Å². The Bertz CT molecular complexity index is 915. The second kappa shape index (κ2) is 4.78. The first-order valence-electron chi connectivity index (χ1n) is 7.50. The van der Waals surface area contributed by atoms with Crippen LogP contribution in [0.4, 0.5) is 5.69 Å². The van der Waals surface area contributed by atoms with Crippen LogP contribution in [0.2, 0.25) is 0 Å². The highest BCUT2D eigenvalue weighted by atomic mass is 16.3. The van der Waals surface area contributed by atoms with Gasteiger partial charge in [0.25, 0.3) is 0 Å². The SMILES string of the molecule is Cc1cc2n(n1)C(c1cccc(O)c1O)Nc1c(C)cccc1-2. The molecule has 116 valence electrons. The van der Waals surface area contributed by atoms with Gasteiger partial charge in [0, 0.05) is 16.8 Å². The number of phenols is 2. The molecule has 23 heavy (non-hydrogen) atoms. The van der Waals surface area contributed by atoms with Crippen LogP contribution in [0.15, 0.2) is 42.5 Å². The molecule has 1 aliphatic rings. The maximum atomic E-state index is 10.3. The number of aryl methyl sites for hydroxylation is 2. The molecule has 3 N–H and O–H groups in total. The first-order chi connectivity index (χ1) is 11.1. The van der Waals surface area contributed by atoms with E-state index < -0.39 is 0 Å². The average Bonchev–Trinajstić information content (AvgIpc) is 2.92. The second-order valence-electron chi connectivity index (χ2n) is 5.87. The van der Waals surface area contributed by atoms with Crippen molar-refractivity contribution in [3.63, 3.8) is 0 Å². The van der Waals surface area contributed by atoms with Crippen molar-refractivity contribution in [3.05, 3.63) is 59.3 Å². The van der Waals surface area contributed by atoms with Gasteiger partial charge in [0.05, 0.1) is 11.4 Å². The first kappa shape index (κ1) is 13.7. The van der Waals surface area contributed by atoms with Crippen LogP contribution in [0, 0.1) is 13.8 Å². The van der Waals surface area contributed by atoms with Crippen molar-refractivity contribution in [3.8, 4) is 22.8 Å². The lowest BCUT2D eigenvalue weighted by Crippen LogP contribution is -2.26. The third kappa shape index (κ3) is 1.97. The second-order valence-corrected chi connectivity index (χ2v) is 5.87. The molecule has 0 amide bonds. The summed E-state index contributed by atoms with van der Waals surface area (Å²) in [5.74, 6) is -0.258. The fourth-order valence-electron chi connectivity index (χ4n) is 3.16. The van der Waals surface area contributed by atoms with Gasteiger partial charge in [-0.2, -0.15) is 5.10 Å². The molecular formula is C18H17N3O2. The van der Waals surface area contributed by atoms with Crippen LogP contribution >= 0.6 is 0 Å². The lowest BCUT2D eigenvalue weighted by Gasteiger charge is -2.30. The number of hydrogen-bond acceptors (Lipinski definition) is 4. The Morgan fingerprint density at radius 2 is 1.87 bits per heavy atom. The van der Waals surface area contributed by atoms with Crippen LogP contribution in [0.3, 0.4) is 0 Å². The number of anilines is 1. The van der Waals surface area contributed by atoms with E-state index in [4.69, 9.17) is 0 Å². The van der Waals surface area contributed by atoms with Gasteiger partial charge in [-0.25, -0.2) is 4.68 Å². The molecule has 0 fully saturated rings. The fourth-order valence-corrected chi connectivity index (χ4v) is 3.16. The Labute approximate surface area is 133 Å². The van der Waals surface area contributed by atoms with E-state index in [0.717, 1.165) is 28.2 Å². The zero-order valence-electron chi connectivity index (χ0n) is 12.9. The zero-order valence-corrected chi connectivity index (χ0v) is 12.9. The van der Waals surface area contributed by atoms with E-state index >= 15 is 0 Å². The zero-order chi connectivity index (χ0) is 16.1. The van der Waals surface area contributed by atoms with Crippen molar-refractivity contribution in [2.24, 2.45) is 0 Å². The minimum absolute atomic E-state index is 0.124. The Kier molecular flexibility index (Phi) is 2.84. The third-order valence-corrected chi connectivity index (χ3v) is 4.27. The number of para-hydroxylation sites is 2. The van der Waals surface area contributed by atoms with Crippen LogP contribution in [0.5, 0.6) is 11.5 Å². The van der Waals surface area contributed by atoms with Crippen molar-refractivity contribution in [1.82, 2.24) is 9.78 Å². The molecule has 0 saturated carbocycles. The van der Waals surface area contributed by atoms with Gasteiger partial charge in [-0.15, -0.1) is 0 Å². The summed E-state index contributed by atoms with van der Waals surface area (Å²) in [6.45, 7) is 3.99. The molecule has 0 saturated heterocycles. The molecule has 2 heterocycles. The first-order valence-corrected chi connectivity index (χ1v) is 7.50. The average molecular weight is 307 g/mol. The Hall–Kier alpha value is -2.95. The van der Waals surface area contributed by atoms with Crippen molar-refractivity contribution in [1.29, 1.82) is 0 Å². The quantitative estimate of drug-likeness (QED) is 0.601. The molecule has 2 aromatic carbocycles. The molecule has 0 radical (unpaired) electrons. The Morgan fingerprint density at radius 1 is 1.09 bits per heavy atom. The molecule has 1 aromatic heterocycles. The predicted octanol–water partition coefficient (Wildman–Crippen LogP) is 3.55. The third-order valence-electron chi connectivity index (χ3n) is 4.27. The molecule has 0 aliphatic carbocycles. The minimum atomic E-state index is -0.376. The van der Waals surface area contributed by atoms with E-state index in [0.29, 0.717) is 5.56 Å². The number of phenolic OH excluding ortho intramolecular Hbond substituents is 2. The standard InChI is InChI=1S/C18H17N3O2/c1-10-5-3-6-12-14-9-11(2)20-21(14)18(19-16(10)12)13-7-4-8-15(22)17(13)23/h3-9,18-19,22-23H,1-2H3. The minimum Gasteiger partial charge on any atom is -0.504 e. The summed E-state index contributed by atoms with van der Waals surface area (Å²) in [5, 5.41) is 28.1. The van der Waals surface area contributed by atoms with E-state index in [1.165, 1.54) is 6.07 Å². The van der Waals surface area contributed by atoms with Gasteiger partial charge in [0.2, 0.25) is 0 Å². The summed E-state index contributed by atoms with van der Waals surface area (Å²) in [6, 6.07) is 13.1.